The lowest BCUT2D eigenvalue weighted by Gasteiger charge is -2.14. The smallest absolute Gasteiger partial charge is 0.346 e. The van der Waals surface area contributed by atoms with Crippen LogP contribution in [0.5, 0.6) is 11.5 Å². The van der Waals surface area contributed by atoms with Gasteiger partial charge in [0.1, 0.15) is 17.3 Å². The lowest BCUT2D eigenvalue weighted by molar-refractivity contribution is 0.0704. The molecule has 3 heterocycles. The van der Waals surface area contributed by atoms with Crippen LogP contribution in [-0.2, 0) is 6.61 Å². The van der Waals surface area contributed by atoms with E-state index in [0.29, 0.717) is 10.1 Å². The van der Waals surface area contributed by atoms with Crippen LogP contribution in [0.3, 0.4) is 0 Å². The average Bonchev–Trinajstić information content (AvgIpc) is 3.47. The van der Waals surface area contributed by atoms with Crippen LogP contribution in [0.2, 0.25) is 0 Å². The number of H-pyrrole nitrogens is 1. The summed E-state index contributed by atoms with van der Waals surface area (Å²) in [4.78, 5) is 43.5. The van der Waals surface area contributed by atoms with Crippen molar-refractivity contribution in [1.82, 2.24) is 14.5 Å². The van der Waals surface area contributed by atoms with Gasteiger partial charge in [0.05, 0.1) is 45.0 Å². The fourth-order valence-electron chi connectivity index (χ4n) is 3.63. The maximum Gasteiger partial charge on any atom is 0.346 e. The topological polar surface area (TPSA) is 124 Å². The molecule has 0 aliphatic rings. The average molecular weight is 517 g/mol. The van der Waals surface area contributed by atoms with E-state index in [1.165, 1.54) is 29.9 Å². The maximum atomic E-state index is 15.0. The molecule has 5 aromatic rings. The Hall–Kier alpha value is -4.10. The number of ether oxygens (including phenoxy) is 2. The van der Waals surface area contributed by atoms with Crippen molar-refractivity contribution >= 4 is 49.8 Å². The van der Waals surface area contributed by atoms with Gasteiger partial charge in [-0.25, -0.2) is 27.9 Å². The van der Waals surface area contributed by atoms with Crippen molar-refractivity contribution in [2.24, 2.45) is 0 Å². The monoisotopic (exact) mass is 517 g/mol. The molecular formula is C22H13F2N3O6S2. The summed E-state index contributed by atoms with van der Waals surface area (Å²) in [6.45, 7) is -0.299. The zero-order valence-corrected chi connectivity index (χ0v) is 19.3. The second-order valence-electron chi connectivity index (χ2n) is 7.20. The van der Waals surface area contributed by atoms with Crippen LogP contribution in [0.1, 0.15) is 15.2 Å². The number of nitrogens with zero attached hydrogens (tertiary/aromatic N) is 2. The predicted octanol–water partition coefficient (Wildman–Crippen LogP) is 3.91. The van der Waals surface area contributed by atoms with Crippen LogP contribution in [0.4, 0.5) is 8.78 Å². The van der Waals surface area contributed by atoms with Gasteiger partial charge >= 0.3 is 11.7 Å². The third-order valence-electron chi connectivity index (χ3n) is 5.24. The maximum absolute atomic E-state index is 15.0. The third kappa shape index (κ3) is 3.74. The first-order valence-corrected chi connectivity index (χ1v) is 11.6. The highest BCUT2D eigenvalue weighted by Crippen LogP contribution is 2.33. The third-order valence-corrected chi connectivity index (χ3v) is 7.01. The molecule has 178 valence electrons. The number of benzene rings is 2. The number of thiophene rings is 1. The van der Waals surface area contributed by atoms with Gasteiger partial charge in [-0.05, 0) is 12.1 Å². The van der Waals surface area contributed by atoms with Crippen LogP contribution >= 0.6 is 22.7 Å². The van der Waals surface area contributed by atoms with Crippen LogP contribution in [0, 0.1) is 11.6 Å². The molecule has 0 aliphatic carbocycles. The molecule has 0 saturated carbocycles. The molecule has 0 fully saturated rings. The zero-order valence-electron chi connectivity index (χ0n) is 17.6. The van der Waals surface area contributed by atoms with E-state index in [2.05, 4.69) is 9.97 Å². The lowest BCUT2D eigenvalue weighted by atomic mass is 10.2. The fourth-order valence-corrected chi connectivity index (χ4v) is 5.17. The summed E-state index contributed by atoms with van der Waals surface area (Å²) in [7, 11) is 1.26. The summed E-state index contributed by atoms with van der Waals surface area (Å²) in [6.07, 6.45) is 0. The number of halogens is 2. The highest BCUT2D eigenvalue weighted by Gasteiger charge is 2.22. The minimum Gasteiger partial charge on any atom is -0.493 e. The number of hydrogen-bond acceptors (Lipinski definition) is 8. The van der Waals surface area contributed by atoms with E-state index in [-0.39, 0.29) is 39.4 Å². The number of rotatable bonds is 6. The fraction of sp³-hybridized carbons (Fsp3) is 0.0909. The Kier molecular flexibility index (Phi) is 5.57. The summed E-state index contributed by atoms with van der Waals surface area (Å²) in [5, 5.41) is 10.4. The van der Waals surface area contributed by atoms with E-state index in [1.54, 1.807) is 11.6 Å². The van der Waals surface area contributed by atoms with Gasteiger partial charge in [-0.2, -0.15) is 0 Å². The number of nitrogens with one attached hydrogen (secondary N) is 1. The number of aromatic nitrogens is 3. The van der Waals surface area contributed by atoms with Crippen LogP contribution in [-0.4, -0.2) is 32.7 Å². The first-order chi connectivity index (χ1) is 16.8. The van der Waals surface area contributed by atoms with Crippen molar-refractivity contribution in [3.8, 4) is 17.2 Å². The molecule has 0 amide bonds. The van der Waals surface area contributed by atoms with Gasteiger partial charge in [0.2, 0.25) is 0 Å². The molecule has 0 radical (unpaired) electrons. The molecule has 0 unspecified atom stereocenters. The molecule has 0 bridgehead atoms. The highest BCUT2D eigenvalue weighted by molar-refractivity contribution is 7.16. The Morgan fingerprint density at radius 1 is 1.17 bits per heavy atom. The first-order valence-electron chi connectivity index (χ1n) is 9.81. The van der Waals surface area contributed by atoms with E-state index in [9.17, 15) is 23.9 Å². The molecule has 2 aromatic carbocycles. The van der Waals surface area contributed by atoms with Gasteiger partial charge in [-0.15, -0.1) is 22.7 Å². The molecule has 9 nitrogen and oxygen atoms in total. The van der Waals surface area contributed by atoms with Crippen molar-refractivity contribution in [3.63, 3.8) is 0 Å². The number of hydrogen-bond donors (Lipinski definition) is 2. The number of thiazole rings is 1. The van der Waals surface area contributed by atoms with Crippen molar-refractivity contribution < 1.29 is 28.2 Å². The van der Waals surface area contributed by atoms with Crippen molar-refractivity contribution in [2.75, 3.05) is 7.11 Å². The summed E-state index contributed by atoms with van der Waals surface area (Å²) in [6, 6.07) is 4.84. The quantitative estimate of drug-likeness (QED) is 0.350. The van der Waals surface area contributed by atoms with Crippen LogP contribution in [0.25, 0.3) is 26.8 Å². The number of carboxylic acids is 1. The number of carbonyl (C=O) groups is 1. The van der Waals surface area contributed by atoms with E-state index < -0.39 is 34.5 Å². The molecule has 5 rings (SSSR count). The Morgan fingerprint density at radius 2 is 1.97 bits per heavy atom. The van der Waals surface area contributed by atoms with E-state index >= 15 is 4.39 Å². The van der Waals surface area contributed by atoms with E-state index in [4.69, 9.17) is 9.47 Å². The van der Waals surface area contributed by atoms with Crippen LogP contribution in [0.15, 0.2) is 44.7 Å². The Balaban J connectivity index is 1.64. The molecular weight excluding hydrogens is 504 g/mol. The summed E-state index contributed by atoms with van der Waals surface area (Å²) >= 11 is 2.08. The molecule has 0 aliphatic heterocycles. The Morgan fingerprint density at radius 3 is 2.71 bits per heavy atom. The zero-order chi connectivity index (χ0) is 24.9. The Labute approximate surface area is 201 Å². The van der Waals surface area contributed by atoms with Gasteiger partial charge in [0.25, 0.3) is 5.56 Å². The lowest BCUT2D eigenvalue weighted by Crippen LogP contribution is -2.34. The predicted molar refractivity (Wildman–Crippen MR) is 125 cm³/mol. The number of aromatic carboxylic acids is 1. The standard InChI is InChI=1S/C22H13F2N3O6S2/c1-32-14-4-11(24)13(27-20(28)17-12(26-22(27)31)7-34-19(17)21(29)30)5-15(14)33-6-9-10(23)2-3-16-18(9)25-8-35-16/h2-5,7-8H,6H2,1H3,(H,26,31)(H,29,30). The first kappa shape index (κ1) is 22.7. The van der Waals surface area contributed by atoms with Crippen LogP contribution < -0.4 is 20.7 Å². The van der Waals surface area contributed by atoms with Crippen molar-refractivity contribution in [2.45, 2.75) is 6.61 Å². The van der Waals surface area contributed by atoms with Gasteiger partial charge < -0.3 is 19.6 Å². The summed E-state index contributed by atoms with van der Waals surface area (Å²) in [5.41, 5.74) is -0.332. The number of aromatic amines is 1. The largest absolute Gasteiger partial charge is 0.493 e. The number of carboxylic acid groups (broad SMARTS) is 1. The molecule has 0 spiro atoms. The van der Waals surface area contributed by atoms with E-state index in [1.807, 2.05) is 0 Å². The molecule has 0 saturated heterocycles. The SMILES string of the molecule is COc1cc(F)c(-n2c(=O)[nH]c3csc(C(=O)O)c3c2=O)cc1OCc1c(F)ccc2scnc12. The van der Waals surface area contributed by atoms with Crippen molar-refractivity contribution in [1.29, 1.82) is 0 Å². The molecule has 13 heteroatoms. The van der Waals surface area contributed by atoms with Gasteiger partial charge in [0, 0.05) is 17.5 Å². The molecule has 2 N–H and O–H groups in total. The molecule has 0 atom stereocenters. The molecule has 35 heavy (non-hydrogen) atoms. The minimum absolute atomic E-state index is 0.0240. The number of methoxy groups -OCH3 is 1. The van der Waals surface area contributed by atoms with Gasteiger partial charge in [-0.1, -0.05) is 0 Å². The normalized spacial score (nSPS) is 11.3. The van der Waals surface area contributed by atoms with Crippen molar-refractivity contribution in [3.05, 3.63) is 78.1 Å². The second kappa shape index (κ2) is 8.60. The summed E-state index contributed by atoms with van der Waals surface area (Å²) in [5.74, 6) is -3.06. The Bertz CT molecular complexity index is 1750. The highest BCUT2D eigenvalue weighted by atomic mass is 32.1. The second-order valence-corrected chi connectivity index (χ2v) is 8.96. The van der Waals surface area contributed by atoms with Gasteiger partial charge in [0.15, 0.2) is 17.3 Å². The molecule has 3 aromatic heterocycles. The summed E-state index contributed by atoms with van der Waals surface area (Å²) < 4.78 is 41.6. The van der Waals surface area contributed by atoms with E-state index in [0.717, 1.165) is 28.2 Å². The van der Waals surface area contributed by atoms with Gasteiger partial charge in [-0.3, -0.25) is 4.79 Å². The minimum atomic E-state index is -1.36. The number of fused-ring (bicyclic) bond motifs is 2.